The quantitative estimate of drug-likeness (QED) is 0.605. The smallest absolute Gasteiger partial charge is 0.331 e. The molecule has 0 fully saturated rings. The lowest BCUT2D eigenvalue weighted by molar-refractivity contribution is -0.145. The van der Waals surface area contributed by atoms with E-state index in [1.807, 2.05) is 13.0 Å². The Morgan fingerprint density at radius 3 is 2.60 bits per heavy atom. The molecular formula is C16H24FNO2. The van der Waals surface area contributed by atoms with Gasteiger partial charge in [0.25, 0.3) is 0 Å². The third-order valence-corrected chi connectivity index (χ3v) is 3.38. The van der Waals surface area contributed by atoms with Gasteiger partial charge in [0.1, 0.15) is 11.4 Å². The van der Waals surface area contributed by atoms with Gasteiger partial charge in [0, 0.05) is 5.69 Å². The van der Waals surface area contributed by atoms with Gasteiger partial charge in [0.2, 0.25) is 0 Å². The molecule has 1 rings (SSSR count). The van der Waals surface area contributed by atoms with Crippen molar-refractivity contribution in [3.8, 4) is 0 Å². The molecule has 1 unspecified atom stereocenters. The highest BCUT2D eigenvalue weighted by Gasteiger charge is 2.33. The molecule has 0 spiro atoms. The summed E-state index contributed by atoms with van der Waals surface area (Å²) in [6.45, 7) is 5.73. The average Bonchev–Trinajstić information content (AvgIpc) is 2.36. The molecule has 20 heavy (non-hydrogen) atoms. The zero-order valence-electron chi connectivity index (χ0n) is 12.8. The van der Waals surface area contributed by atoms with Crippen LogP contribution in [0.25, 0.3) is 0 Å². The molecule has 4 heteroatoms. The van der Waals surface area contributed by atoms with Gasteiger partial charge in [-0.1, -0.05) is 26.2 Å². The third-order valence-electron chi connectivity index (χ3n) is 3.38. The van der Waals surface area contributed by atoms with Crippen LogP contribution in [0.3, 0.4) is 0 Å². The van der Waals surface area contributed by atoms with Crippen LogP contribution in [0.4, 0.5) is 10.1 Å². The Morgan fingerprint density at radius 2 is 2.05 bits per heavy atom. The van der Waals surface area contributed by atoms with Crippen LogP contribution in [0.5, 0.6) is 0 Å². The molecule has 1 atom stereocenters. The number of unbranched alkanes of at least 4 members (excludes halogenated alkanes) is 2. The number of hydrogen-bond acceptors (Lipinski definition) is 3. The Labute approximate surface area is 120 Å². The first-order chi connectivity index (χ1) is 9.41. The lowest BCUT2D eigenvalue weighted by atomic mass is 9.93. The number of ether oxygens (including phenoxy) is 1. The topological polar surface area (TPSA) is 38.3 Å². The zero-order chi connectivity index (χ0) is 15.2. The van der Waals surface area contributed by atoms with Crippen molar-refractivity contribution in [1.82, 2.24) is 0 Å². The Morgan fingerprint density at radius 1 is 1.35 bits per heavy atom. The fraction of sp³-hybridized carbons (Fsp3) is 0.562. The molecule has 0 radical (unpaired) electrons. The van der Waals surface area contributed by atoms with Gasteiger partial charge in [-0.05, 0) is 44.0 Å². The minimum Gasteiger partial charge on any atom is -0.467 e. The highest BCUT2D eigenvalue weighted by Crippen LogP contribution is 2.24. The van der Waals surface area contributed by atoms with E-state index >= 15 is 0 Å². The molecular weight excluding hydrogens is 257 g/mol. The first kappa shape index (κ1) is 16.5. The summed E-state index contributed by atoms with van der Waals surface area (Å²) in [6, 6.07) is 4.68. The summed E-state index contributed by atoms with van der Waals surface area (Å²) in [5, 5.41) is 3.13. The highest BCUT2D eigenvalue weighted by atomic mass is 19.1. The molecule has 0 aliphatic rings. The van der Waals surface area contributed by atoms with Crippen LogP contribution in [0.2, 0.25) is 0 Å². The van der Waals surface area contributed by atoms with Crippen LogP contribution in [0.1, 0.15) is 45.1 Å². The fourth-order valence-corrected chi connectivity index (χ4v) is 2.30. The minimum absolute atomic E-state index is 0.312. The second kappa shape index (κ2) is 7.27. The van der Waals surface area contributed by atoms with Crippen molar-refractivity contribution in [2.75, 3.05) is 12.4 Å². The molecule has 0 heterocycles. The molecule has 3 nitrogen and oxygen atoms in total. The van der Waals surface area contributed by atoms with Gasteiger partial charge in [-0.3, -0.25) is 0 Å². The summed E-state index contributed by atoms with van der Waals surface area (Å²) in [6.07, 6.45) is 3.71. The van der Waals surface area contributed by atoms with E-state index in [0.29, 0.717) is 12.1 Å². The number of halogens is 1. The van der Waals surface area contributed by atoms with Gasteiger partial charge in [0.15, 0.2) is 0 Å². The van der Waals surface area contributed by atoms with Crippen molar-refractivity contribution in [2.24, 2.45) is 0 Å². The molecule has 1 N–H and O–H groups in total. The van der Waals surface area contributed by atoms with Gasteiger partial charge < -0.3 is 10.1 Å². The van der Waals surface area contributed by atoms with Crippen LogP contribution in [-0.4, -0.2) is 18.6 Å². The minimum atomic E-state index is -0.829. The van der Waals surface area contributed by atoms with Crippen molar-refractivity contribution in [3.63, 3.8) is 0 Å². The van der Waals surface area contributed by atoms with E-state index in [1.54, 1.807) is 6.92 Å². The second-order valence-corrected chi connectivity index (χ2v) is 5.42. The SMILES string of the molecule is CCCCCC(C)(Nc1cc(C)cc(F)c1)C(=O)OC. The van der Waals surface area contributed by atoms with E-state index in [9.17, 15) is 9.18 Å². The Balaban J connectivity index is 2.90. The number of carbonyl (C=O) groups is 1. The Kier molecular flexibility index (Phi) is 5.99. The van der Waals surface area contributed by atoms with Crippen molar-refractivity contribution >= 4 is 11.7 Å². The van der Waals surface area contributed by atoms with E-state index < -0.39 is 5.54 Å². The van der Waals surface area contributed by atoms with E-state index in [1.165, 1.54) is 19.2 Å². The normalized spacial score (nSPS) is 13.7. The van der Waals surface area contributed by atoms with Crippen LogP contribution in [0.15, 0.2) is 18.2 Å². The van der Waals surface area contributed by atoms with Crippen LogP contribution < -0.4 is 5.32 Å². The zero-order valence-corrected chi connectivity index (χ0v) is 12.8. The number of benzene rings is 1. The Bertz CT molecular complexity index is 442. The molecule has 0 saturated heterocycles. The predicted octanol–water partition coefficient (Wildman–Crippen LogP) is 4.06. The van der Waals surface area contributed by atoms with Crippen molar-refractivity contribution < 1.29 is 13.9 Å². The summed E-state index contributed by atoms with van der Waals surface area (Å²) in [5.41, 5.74) is 0.588. The molecule has 1 aromatic carbocycles. The van der Waals surface area contributed by atoms with Crippen molar-refractivity contribution in [1.29, 1.82) is 0 Å². The maximum Gasteiger partial charge on any atom is 0.331 e. The Hall–Kier alpha value is -1.58. The number of esters is 1. The van der Waals surface area contributed by atoms with Crippen molar-refractivity contribution in [3.05, 3.63) is 29.6 Å². The highest BCUT2D eigenvalue weighted by molar-refractivity contribution is 5.84. The van der Waals surface area contributed by atoms with Gasteiger partial charge >= 0.3 is 5.97 Å². The summed E-state index contributed by atoms with van der Waals surface area (Å²) < 4.78 is 18.3. The molecule has 0 saturated carbocycles. The number of methoxy groups -OCH3 is 1. The standard InChI is InChI=1S/C16H24FNO2/c1-5-6-7-8-16(3,15(19)20-4)18-14-10-12(2)9-13(17)11-14/h9-11,18H,5-8H2,1-4H3. The van der Waals surface area contributed by atoms with Crippen molar-refractivity contribution in [2.45, 2.75) is 52.0 Å². The largest absolute Gasteiger partial charge is 0.467 e. The average molecular weight is 281 g/mol. The van der Waals surface area contributed by atoms with E-state index in [-0.39, 0.29) is 11.8 Å². The summed E-state index contributed by atoms with van der Waals surface area (Å²) in [5.74, 6) is -0.635. The monoisotopic (exact) mass is 281 g/mol. The van der Waals surface area contributed by atoms with E-state index in [4.69, 9.17) is 4.74 Å². The molecule has 1 aromatic rings. The van der Waals surface area contributed by atoms with E-state index in [0.717, 1.165) is 24.8 Å². The lowest BCUT2D eigenvalue weighted by Gasteiger charge is -2.29. The summed E-state index contributed by atoms with van der Waals surface area (Å²) >= 11 is 0. The van der Waals surface area contributed by atoms with Gasteiger partial charge in [-0.15, -0.1) is 0 Å². The maximum atomic E-state index is 13.4. The summed E-state index contributed by atoms with van der Waals surface area (Å²) in [4.78, 5) is 12.0. The molecule has 0 amide bonds. The number of rotatable bonds is 7. The number of nitrogens with one attached hydrogen (secondary N) is 1. The predicted molar refractivity (Wildman–Crippen MR) is 79.3 cm³/mol. The molecule has 0 aliphatic heterocycles. The first-order valence-electron chi connectivity index (χ1n) is 7.05. The number of carbonyl (C=O) groups excluding carboxylic acids is 1. The molecule has 0 aliphatic carbocycles. The molecule has 0 aromatic heterocycles. The fourth-order valence-electron chi connectivity index (χ4n) is 2.30. The number of anilines is 1. The number of aryl methyl sites for hydroxylation is 1. The van der Waals surface area contributed by atoms with Crippen LogP contribution in [-0.2, 0) is 9.53 Å². The summed E-state index contributed by atoms with van der Waals surface area (Å²) in [7, 11) is 1.37. The third kappa shape index (κ3) is 4.51. The molecule has 112 valence electrons. The van der Waals surface area contributed by atoms with Crippen LogP contribution >= 0.6 is 0 Å². The van der Waals surface area contributed by atoms with Gasteiger partial charge in [0.05, 0.1) is 7.11 Å². The molecule has 0 bridgehead atoms. The van der Waals surface area contributed by atoms with Gasteiger partial charge in [-0.25, -0.2) is 9.18 Å². The van der Waals surface area contributed by atoms with E-state index in [2.05, 4.69) is 12.2 Å². The first-order valence-corrected chi connectivity index (χ1v) is 7.05. The maximum absolute atomic E-state index is 13.4. The second-order valence-electron chi connectivity index (χ2n) is 5.42. The number of hydrogen-bond donors (Lipinski definition) is 1. The van der Waals surface area contributed by atoms with Crippen LogP contribution in [0, 0.1) is 12.7 Å². The lowest BCUT2D eigenvalue weighted by Crippen LogP contribution is -2.44. The van der Waals surface area contributed by atoms with Gasteiger partial charge in [-0.2, -0.15) is 0 Å².